The van der Waals surface area contributed by atoms with Gasteiger partial charge in [0.15, 0.2) is 0 Å². The maximum Gasteiger partial charge on any atom is 0.255 e. The first-order chi connectivity index (χ1) is 14.5. The van der Waals surface area contributed by atoms with Gasteiger partial charge in [-0.3, -0.25) is 9.59 Å². The fraction of sp³-hybridized carbons (Fsp3) is 0.524. The molecule has 0 unspecified atom stereocenters. The van der Waals surface area contributed by atoms with Crippen LogP contribution in [0.1, 0.15) is 48.7 Å². The van der Waals surface area contributed by atoms with Gasteiger partial charge in [-0.15, -0.1) is 5.10 Å². The number of hydrogen-bond acceptors (Lipinski definition) is 5. The highest BCUT2D eigenvalue weighted by molar-refractivity contribution is 5.97. The van der Waals surface area contributed by atoms with Gasteiger partial charge < -0.3 is 15.0 Å². The number of rotatable bonds is 0. The van der Waals surface area contributed by atoms with E-state index in [2.05, 4.69) is 15.6 Å². The zero-order chi connectivity index (χ0) is 21.1. The van der Waals surface area contributed by atoms with Crippen LogP contribution in [0.25, 0.3) is 0 Å². The molecule has 1 fully saturated rings. The minimum Gasteiger partial charge on any atom is -0.491 e. The lowest BCUT2D eigenvalue weighted by atomic mass is 9.97. The molecule has 4 heterocycles. The van der Waals surface area contributed by atoms with Gasteiger partial charge in [0, 0.05) is 31.2 Å². The molecule has 2 amide bonds. The molecule has 4 bridgehead atoms. The predicted octanol–water partition coefficient (Wildman–Crippen LogP) is 1.94. The van der Waals surface area contributed by atoms with E-state index < -0.39 is 5.82 Å². The van der Waals surface area contributed by atoms with Crippen LogP contribution in [0.3, 0.4) is 0 Å². The van der Waals surface area contributed by atoms with Crippen LogP contribution in [0.2, 0.25) is 0 Å². The highest BCUT2D eigenvalue weighted by atomic mass is 19.1. The zero-order valence-electron chi connectivity index (χ0n) is 17.0. The third-order valence-electron chi connectivity index (χ3n) is 5.71. The second-order valence-electron chi connectivity index (χ2n) is 7.95. The van der Waals surface area contributed by atoms with Crippen LogP contribution in [0.4, 0.5) is 4.39 Å². The highest BCUT2D eigenvalue weighted by Crippen LogP contribution is 2.23. The Balaban J connectivity index is 1.57. The number of ether oxygens (including phenoxy) is 1. The van der Waals surface area contributed by atoms with Crippen molar-refractivity contribution in [3.05, 3.63) is 41.5 Å². The fourth-order valence-electron chi connectivity index (χ4n) is 4.12. The van der Waals surface area contributed by atoms with Crippen LogP contribution in [-0.4, -0.2) is 56.9 Å². The topological polar surface area (TPSA) is 89.3 Å². The van der Waals surface area contributed by atoms with Crippen LogP contribution >= 0.6 is 0 Å². The number of nitrogens with zero attached hydrogens (tertiary/aromatic N) is 4. The highest BCUT2D eigenvalue weighted by Gasteiger charge is 2.30. The second kappa shape index (κ2) is 8.81. The molecule has 1 N–H and O–H groups in total. The summed E-state index contributed by atoms with van der Waals surface area (Å²) in [5.41, 5.74) is 0.999. The summed E-state index contributed by atoms with van der Waals surface area (Å²) in [4.78, 5) is 27.4. The first-order valence-corrected chi connectivity index (χ1v) is 10.4. The molecule has 3 aliphatic heterocycles. The van der Waals surface area contributed by atoms with E-state index in [1.807, 2.05) is 18.0 Å². The van der Waals surface area contributed by atoms with E-state index in [0.29, 0.717) is 44.5 Å². The summed E-state index contributed by atoms with van der Waals surface area (Å²) in [6.45, 7) is 3.30. The number of fused-ring (bicyclic) bond motifs is 8. The Morgan fingerprint density at radius 2 is 2.10 bits per heavy atom. The number of halogens is 1. The van der Waals surface area contributed by atoms with Gasteiger partial charge in [0.2, 0.25) is 5.91 Å². The molecular formula is C21H26FN5O3. The van der Waals surface area contributed by atoms with Gasteiger partial charge in [0.1, 0.15) is 18.2 Å². The van der Waals surface area contributed by atoms with E-state index in [-0.39, 0.29) is 36.1 Å². The summed E-state index contributed by atoms with van der Waals surface area (Å²) in [6, 6.07) is 3.89. The minimum absolute atomic E-state index is 0.0274. The van der Waals surface area contributed by atoms with Gasteiger partial charge >= 0.3 is 0 Å². The first kappa shape index (κ1) is 20.3. The number of carbonyl (C=O) groups excluding carboxylic acids is 2. The molecule has 5 rings (SSSR count). The second-order valence-corrected chi connectivity index (χ2v) is 7.95. The first-order valence-electron chi connectivity index (χ1n) is 10.4. The minimum atomic E-state index is -0.496. The van der Waals surface area contributed by atoms with Crippen molar-refractivity contribution in [2.45, 2.75) is 57.7 Å². The summed E-state index contributed by atoms with van der Waals surface area (Å²) in [5, 5.41) is 11.2. The molecule has 2 aromatic rings. The number of aromatic nitrogens is 3. The maximum atomic E-state index is 13.8. The molecule has 2 atom stereocenters. The standard InChI is InChI=1S/C21H26FN5O3/c1-14-11-16-7-8-27(14)20(28)4-2-3-17-13-26(25-24-17)9-10-30-19-6-5-15(22)12-18(19)21(29)23-16/h5-6,12-14,16H,2-4,7-11H2,1H3,(H,23,29)/t14-,16+/m1/s1. The van der Waals surface area contributed by atoms with Crippen LogP contribution < -0.4 is 10.1 Å². The van der Waals surface area contributed by atoms with Crippen molar-refractivity contribution < 1.29 is 18.7 Å². The van der Waals surface area contributed by atoms with Crippen LogP contribution in [0, 0.1) is 5.82 Å². The molecule has 1 aromatic heterocycles. The quantitative estimate of drug-likeness (QED) is 0.710. The number of piperidine rings is 1. The van der Waals surface area contributed by atoms with E-state index in [0.717, 1.165) is 12.1 Å². The summed E-state index contributed by atoms with van der Waals surface area (Å²) >= 11 is 0. The maximum absolute atomic E-state index is 13.8. The molecule has 8 nitrogen and oxygen atoms in total. The van der Waals surface area contributed by atoms with Crippen molar-refractivity contribution in [1.29, 1.82) is 0 Å². The average molecular weight is 415 g/mol. The molecular weight excluding hydrogens is 389 g/mol. The Bertz CT molecular complexity index is 931. The van der Waals surface area contributed by atoms with Gasteiger partial charge in [-0.25, -0.2) is 9.07 Å². The molecule has 9 heteroatoms. The molecule has 3 aliphatic rings. The van der Waals surface area contributed by atoms with E-state index in [9.17, 15) is 14.0 Å². The number of aryl methyl sites for hydroxylation is 1. The Morgan fingerprint density at radius 1 is 1.23 bits per heavy atom. The van der Waals surface area contributed by atoms with Crippen molar-refractivity contribution in [3.8, 4) is 5.75 Å². The summed E-state index contributed by atoms with van der Waals surface area (Å²) in [6.07, 6.45) is 5.04. The lowest BCUT2D eigenvalue weighted by Gasteiger charge is -2.38. The third kappa shape index (κ3) is 4.60. The molecule has 0 spiro atoms. The smallest absolute Gasteiger partial charge is 0.255 e. The van der Waals surface area contributed by atoms with Gasteiger partial charge in [0.25, 0.3) is 5.91 Å². The summed E-state index contributed by atoms with van der Waals surface area (Å²) in [7, 11) is 0. The average Bonchev–Trinajstić information content (AvgIpc) is 3.16. The Labute approximate surface area is 174 Å². The van der Waals surface area contributed by atoms with E-state index in [4.69, 9.17) is 4.74 Å². The van der Waals surface area contributed by atoms with E-state index in [1.165, 1.54) is 18.2 Å². The monoisotopic (exact) mass is 415 g/mol. The molecule has 0 aliphatic carbocycles. The largest absolute Gasteiger partial charge is 0.491 e. The SMILES string of the molecule is C[C@@H]1C[C@@H]2CCN1C(=O)CCCc1cn(nn1)CCOc1ccc(F)cc1C(=O)N2. The number of hydrogen-bond donors (Lipinski definition) is 1. The Morgan fingerprint density at radius 3 is 2.93 bits per heavy atom. The normalized spacial score (nSPS) is 23.2. The number of benzene rings is 1. The van der Waals surface area contributed by atoms with Crippen LogP contribution in [-0.2, 0) is 17.8 Å². The molecule has 160 valence electrons. The van der Waals surface area contributed by atoms with Crippen molar-refractivity contribution in [1.82, 2.24) is 25.2 Å². The van der Waals surface area contributed by atoms with Gasteiger partial charge in [-0.1, -0.05) is 5.21 Å². The Hall–Kier alpha value is -2.97. The number of nitrogens with one attached hydrogen (secondary N) is 1. The molecule has 0 radical (unpaired) electrons. The number of carbonyl (C=O) groups is 2. The van der Waals surface area contributed by atoms with Crippen molar-refractivity contribution in [2.24, 2.45) is 0 Å². The molecule has 1 saturated heterocycles. The number of amides is 2. The van der Waals surface area contributed by atoms with Gasteiger partial charge in [0.05, 0.1) is 17.8 Å². The van der Waals surface area contributed by atoms with Crippen LogP contribution in [0.15, 0.2) is 24.4 Å². The molecule has 0 saturated carbocycles. The van der Waals surface area contributed by atoms with Crippen molar-refractivity contribution in [2.75, 3.05) is 13.2 Å². The molecule has 1 aromatic carbocycles. The lowest BCUT2D eigenvalue weighted by molar-refractivity contribution is -0.134. The summed E-state index contributed by atoms with van der Waals surface area (Å²) in [5.74, 6) is -0.410. The van der Waals surface area contributed by atoms with Crippen molar-refractivity contribution >= 4 is 11.8 Å². The van der Waals surface area contributed by atoms with Crippen LogP contribution in [0.5, 0.6) is 5.75 Å². The lowest BCUT2D eigenvalue weighted by Crippen LogP contribution is -2.50. The third-order valence-corrected chi connectivity index (χ3v) is 5.71. The molecule has 30 heavy (non-hydrogen) atoms. The van der Waals surface area contributed by atoms with Gasteiger partial charge in [-0.2, -0.15) is 0 Å². The van der Waals surface area contributed by atoms with Crippen molar-refractivity contribution in [3.63, 3.8) is 0 Å². The fourth-order valence-corrected chi connectivity index (χ4v) is 4.12. The Kier molecular flexibility index (Phi) is 5.96. The summed E-state index contributed by atoms with van der Waals surface area (Å²) < 4.78 is 21.3. The van der Waals surface area contributed by atoms with Gasteiger partial charge in [-0.05, 0) is 50.8 Å². The van der Waals surface area contributed by atoms with E-state index >= 15 is 0 Å². The zero-order valence-corrected chi connectivity index (χ0v) is 17.0. The van der Waals surface area contributed by atoms with E-state index in [1.54, 1.807) is 4.68 Å². The predicted molar refractivity (Wildman–Crippen MR) is 107 cm³/mol.